The third-order valence-electron chi connectivity index (χ3n) is 1.58. The molecule has 3 nitrogen and oxygen atoms in total. The van der Waals surface area contributed by atoms with Crippen LogP contribution in [-0.4, -0.2) is 15.3 Å². The lowest BCUT2D eigenvalue weighted by Crippen LogP contribution is -1.78. The molecule has 0 radical (unpaired) electrons. The number of hydrogen-bond acceptors (Lipinski definition) is 4. The Hall–Kier alpha value is -0.650. The van der Waals surface area contributed by atoms with Crippen molar-refractivity contribution >= 4 is 38.9 Å². The number of halogens is 2. The molecule has 0 amide bonds. The van der Waals surface area contributed by atoms with Crippen LogP contribution in [0.2, 0.25) is 5.02 Å². The van der Waals surface area contributed by atoms with E-state index in [1.54, 1.807) is 12.1 Å². The Labute approximate surface area is 97.5 Å². The first-order valence-electron chi connectivity index (χ1n) is 3.65. The predicted octanol–water partition coefficient (Wildman–Crippen LogP) is 3.33. The lowest BCUT2D eigenvalue weighted by molar-refractivity contribution is 0.475. The summed E-state index contributed by atoms with van der Waals surface area (Å²) in [6, 6.07) is 4.72. The van der Waals surface area contributed by atoms with E-state index in [9.17, 15) is 5.11 Å². The van der Waals surface area contributed by atoms with E-state index in [0.717, 1.165) is 0 Å². The van der Waals surface area contributed by atoms with Gasteiger partial charge in [-0.15, -0.1) is 10.2 Å². The molecular formula is C8H4BrClN2OS. The smallest absolute Gasteiger partial charge is 0.183 e. The molecule has 0 aliphatic rings. The van der Waals surface area contributed by atoms with Gasteiger partial charge in [-0.25, -0.2) is 0 Å². The first-order valence-corrected chi connectivity index (χ1v) is 5.63. The molecule has 0 atom stereocenters. The Bertz CT molecular complexity index is 474. The van der Waals surface area contributed by atoms with Crippen LogP contribution in [0, 0.1) is 0 Å². The molecular weight excluding hydrogens is 288 g/mol. The summed E-state index contributed by atoms with van der Waals surface area (Å²) in [5, 5.41) is 18.2. The maximum atomic E-state index is 9.29. The van der Waals surface area contributed by atoms with Gasteiger partial charge in [-0.1, -0.05) is 22.9 Å². The van der Waals surface area contributed by atoms with Crippen molar-refractivity contribution in [1.29, 1.82) is 0 Å². The molecule has 0 aliphatic carbocycles. The van der Waals surface area contributed by atoms with Crippen molar-refractivity contribution in [3.8, 4) is 16.3 Å². The summed E-state index contributed by atoms with van der Waals surface area (Å²) in [5.41, 5.74) is 0.690. The summed E-state index contributed by atoms with van der Waals surface area (Å²) < 4.78 is 0.687. The highest BCUT2D eigenvalue weighted by Gasteiger charge is 2.09. The Morgan fingerprint density at radius 3 is 2.79 bits per heavy atom. The second-order valence-corrected chi connectivity index (χ2v) is 5.19. The molecule has 2 aromatic rings. The first-order chi connectivity index (χ1) is 6.66. The monoisotopic (exact) mass is 290 g/mol. The zero-order valence-corrected chi connectivity index (χ0v) is 9.90. The molecule has 0 saturated carbocycles. The van der Waals surface area contributed by atoms with Crippen molar-refractivity contribution < 1.29 is 5.11 Å². The van der Waals surface area contributed by atoms with Crippen LogP contribution in [0.5, 0.6) is 5.75 Å². The Kier molecular flexibility index (Phi) is 2.71. The average molecular weight is 292 g/mol. The van der Waals surface area contributed by atoms with E-state index in [1.165, 1.54) is 17.4 Å². The van der Waals surface area contributed by atoms with E-state index in [1.807, 2.05) is 0 Å². The van der Waals surface area contributed by atoms with Crippen LogP contribution in [0.25, 0.3) is 10.6 Å². The Morgan fingerprint density at radius 1 is 1.36 bits per heavy atom. The number of aromatic hydroxyl groups is 1. The van der Waals surface area contributed by atoms with Crippen molar-refractivity contribution in [2.24, 2.45) is 0 Å². The topological polar surface area (TPSA) is 46.0 Å². The highest BCUT2D eigenvalue weighted by atomic mass is 79.9. The maximum Gasteiger partial charge on any atom is 0.183 e. The molecule has 6 heteroatoms. The molecule has 1 heterocycles. The van der Waals surface area contributed by atoms with Crippen LogP contribution >= 0.6 is 38.9 Å². The zero-order chi connectivity index (χ0) is 10.1. The van der Waals surface area contributed by atoms with E-state index < -0.39 is 0 Å². The van der Waals surface area contributed by atoms with Crippen LogP contribution in [0.15, 0.2) is 22.1 Å². The molecule has 0 unspecified atom stereocenters. The number of phenolic OH excluding ortho intramolecular Hbond substituents is 1. The summed E-state index contributed by atoms with van der Waals surface area (Å²) in [7, 11) is 0. The van der Waals surface area contributed by atoms with Crippen LogP contribution < -0.4 is 0 Å². The average Bonchev–Trinajstić information content (AvgIpc) is 2.56. The van der Waals surface area contributed by atoms with Gasteiger partial charge in [0.1, 0.15) is 10.8 Å². The van der Waals surface area contributed by atoms with Crippen molar-refractivity contribution in [1.82, 2.24) is 10.2 Å². The van der Waals surface area contributed by atoms with Gasteiger partial charge < -0.3 is 5.11 Å². The second-order valence-electron chi connectivity index (χ2n) is 2.52. The van der Waals surface area contributed by atoms with Gasteiger partial charge in [0, 0.05) is 5.56 Å². The molecule has 1 aromatic carbocycles. The zero-order valence-electron chi connectivity index (χ0n) is 6.74. The third-order valence-corrected chi connectivity index (χ3v) is 3.30. The molecule has 2 rings (SSSR count). The quantitative estimate of drug-likeness (QED) is 0.876. The third kappa shape index (κ3) is 1.89. The van der Waals surface area contributed by atoms with Crippen LogP contribution in [0.3, 0.4) is 0 Å². The molecule has 1 aromatic heterocycles. The summed E-state index contributed by atoms with van der Waals surface area (Å²) in [6.07, 6.45) is 0. The minimum atomic E-state index is 0.163. The van der Waals surface area contributed by atoms with Crippen LogP contribution in [-0.2, 0) is 0 Å². The SMILES string of the molecule is Oc1ccc(Cl)c(-c2nnc(Br)s2)c1. The van der Waals surface area contributed by atoms with E-state index in [0.29, 0.717) is 19.5 Å². The standard InChI is InChI=1S/C8H4BrClN2OS/c9-8-12-11-7(14-8)5-3-4(13)1-2-6(5)10/h1-3,13H. The van der Waals surface area contributed by atoms with Crippen molar-refractivity contribution in [2.45, 2.75) is 0 Å². The van der Waals surface area contributed by atoms with Crippen molar-refractivity contribution in [3.05, 3.63) is 27.1 Å². The summed E-state index contributed by atoms with van der Waals surface area (Å²) >= 11 is 10.5. The fourth-order valence-corrected chi connectivity index (χ4v) is 2.40. The highest BCUT2D eigenvalue weighted by Crippen LogP contribution is 2.33. The largest absolute Gasteiger partial charge is 0.508 e. The number of nitrogens with zero attached hydrogens (tertiary/aromatic N) is 2. The van der Waals surface area contributed by atoms with Crippen LogP contribution in [0.1, 0.15) is 0 Å². The van der Waals surface area contributed by atoms with Crippen molar-refractivity contribution in [3.63, 3.8) is 0 Å². The number of hydrogen-bond donors (Lipinski definition) is 1. The van der Waals surface area contributed by atoms with Gasteiger partial charge in [0.2, 0.25) is 0 Å². The minimum Gasteiger partial charge on any atom is -0.508 e. The van der Waals surface area contributed by atoms with Gasteiger partial charge in [-0.3, -0.25) is 0 Å². The van der Waals surface area contributed by atoms with Crippen LogP contribution in [0.4, 0.5) is 0 Å². The lowest BCUT2D eigenvalue weighted by Gasteiger charge is -1.99. The Balaban J connectivity index is 2.55. The summed E-state index contributed by atoms with van der Waals surface area (Å²) in [6.45, 7) is 0. The van der Waals surface area contributed by atoms with E-state index in [4.69, 9.17) is 11.6 Å². The molecule has 72 valence electrons. The number of phenols is 1. The highest BCUT2D eigenvalue weighted by molar-refractivity contribution is 9.11. The van der Waals surface area contributed by atoms with Gasteiger partial charge in [-0.2, -0.15) is 0 Å². The predicted molar refractivity (Wildman–Crippen MR) is 59.7 cm³/mol. The first kappa shape index (κ1) is 9.89. The molecule has 1 N–H and O–H groups in total. The molecule has 0 spiro atoms. The number of benzene rings is 1. The van der Waals surface area contributed by atoms with E-state index in [2.05, 4.69) is 26.1 Å². The van der Waals surface area contributed by atoms with Gasteiger partial charge in [-0.05, 0) is 34.1 Å². The van der Waals surface area contributed by atoms with Gasteiger partial charge in [0.05, 0.1) is 5.02 Å². The molecule has 0 fully saturated rings. The molecule has 0 aliphatic heterocycles. The molecule has 0 bridgehead atoms. The summed E-state index contributed by atoms with van der Waals surface area (Å²) in [4.78, 5) is 0. The van der Waals surface area contributed by atoms with E-state index >= 15 is 0 Å². The minimum absolute atomic E-state index is 0.163. The van der Waals surface area contributed by atoms with Gasteiger partial charge in [0.25, 0.3) is 0 Å². The second kappa shape index (κ2) is 3.84. The fraction of sp³-hybridized carbons (Fsp3) is 0. The Morgan fingerprint density at radius 2 is 2.14 bits per heavy atom. The fourth-order valence-electron chi connectivity index (χ4n) is 0.991. The molecule has 0 saturated heterocycles. The van der Waals surface area contributed by atoms with E-state index in [-0.39, 0.29) is 5.75 Å². The molecule has 14 heavy (non-hydrogen) atoms. The number of aromatic nitrogens is 2. The normalized spacial score (nSPS) is 10.4. The van der Waals surface area contributed by atoms with Gasteiger partial charge >= 0.3 is 0 Å². The van der Waals surface area contributed by atoms with Crippen molar-refractivity contribution in [2.75, 3.05) is 0 Å². The van der Waals surface area contributed by atoms with Gasteiger partial charge in [0.15, 0.2) is 3.92 Å². The lowest BCUT2D eigenvalue weighted by atomic mass is 10.2. The maximum absolute atomic E-state index is 9.29. The number of rotatable bonds is 1. The summed E-state index contributed by atoms with van der Waals surface area (Å²) in [5.74, 6) is 0.163.